The highest BCUT2D eigenvalue weighted by Gasteiger charge is 2.27. The number of aryl methyl sites for hydroxylation is 1. The Morgan fingerprint density at radius 3 is 2.39 bits per heavy atom. The molecule has 0 saturated carbocycles. The zero-order chi connectivity index (χ0) is 23.4. The van der Waals surface area contributed by atoms with Crippen LogP contribution in [0, 0.1) is 6.92 Å². The SMILES string of the molecule is COc1ccc(N(CC(=O)NCc2ccc3c(c2)OCO3)S(=O)(=O)c2ccc(C)cc2)cc1. The Morgan fingerprint density at radius 2 is 1.70 bits per heavy atom. The van der Waals surface area contributed by atoms with Crippen LogP contribution in [0.1, 0.15) is 11.1 Å². The van der Waals surface area contributed by atoms with E-state index in [1.807, 2.05) is 13.0 Å². The molecule has 0 bridgehead atoms. The molecule has 0 fully saturated rings. The van der Waals surface area contributed by atoms with E-state index in [-0.39, 0.29) is 24.8 Å². The smallest absolute Gasteiger partial charge is 0.264 e. The Bertz CT molecular complexity index is 1240. The first-order chi connectivity index (χ1) is 15.9. The van der Waals surface area contributed by atoms with Crippen molar-refractivity contribution in [2.75, 3.05) is 24.8 Å². The summed E-state index contributed by atoms with van der Waals surface area (Å²) in [5.74, 6) is 1.40. The maximum absolute atomic E-state index is 13.4. The van der Waals surface area contributed by atoms with E-state index in [9.17, 15) is 13.2 Å². The predicted octanol–water partition coefficient (Wildman–Crippen LogP) is 3.24. The normalized spacial score (nSPS) is 12.3. The van der Waals surface area contributed by atoms with Crippen LogP contribution in [0.5, 0.6) is 17.2 Å². The van der Waals surface area contributed by atoms with E-state index in [4.69, 9.17) is 14.2 Å². The largest absolute Gasteiger partial charge is 0.497 e. The van der Waals surface area contributed by atoms with Crippen LogP contribution in [0.4, 0.5) is 5.69 Å². The summed E-state index contributed by atoms with van der Waals surface area (Å²) in [6.45, 7) is 1.88. The Balaban J connectivity index is 1.54. The number of ether oxygens (including phenoxy) is 3. The topological polar surface area (TPSA) is 94.2 Å². The number of fused-ring (bicyclic) bond motifs is 1. The van der Waals surface area contributed by atoms with E-state index in [1.165, 1.54) is 19.2 Å². The van der Waals surface area contributed by atoms with Crippen molar-refractivity contribution in [2.24, 2.45) is 0 Å². The number of nitrogens with zero attached hydrogens (tertiary/aromatic N) is 1. The van der Waals surface area contributed by atoms with Gasteiger partial charge in [0.15, 0.2) is 11.5 Å². The van der Waals surface area contributed by atoms with Gasteiger partial charge in [-0.15, -0.1) is 0 Å². The van der Waals surface area contributed by atoms with Gasteiger partial charge in [-0.3, -0.25) is 9.10 Å². The fraction of sp³-hybridized carbons (Fsp3) is 0.208. The van der Waals surface area contributed by atoms with Crippen molar-refractivity contribution in [3.8, 4) is 17.2 Å². The van der Waals surface area contributed by atoms with Crippen LogP contribution in [0.15, 0.2) is 71.6 Å². The first-order valence-corrected chi connectivity index (χ1v) is 11.7. The molecule has 1 aliphatic heterocycles. The molecule has 1 aliphatic rings. The van der Waals surface area contributed by atoms with E-state index in [2.05, 4.69) is 5.32 Å². The number of anilines is 1. The number of carbonyl (C=O) groups excluding carboxylic acids is 1. The molecule has 0 unspecified atom stereocenters. The molecular weight excluding hydrogens is 444 g/mol. The minimum atomic E-state index is -3.98. The summed E-state index contributed by atoms with van der Waals surface area (Å²) in [5, 5.41) is 2.78. The van der Waals surface area contributed by atoms with Gasteiger partial charge in [0.1, 0.15) is 12.3 Å². The maximum atomic E-state index is 13.4. The summed E-state index contributed by atoms with van der Waals surface area (Å²) in [7, 11) is -2.45. The molecule has 0 atom stereocenters. The third-order valence-corrected chi connectivity index (χ3v) is 6.97. The second-order valence-corrected chi connectivity index (χ2v) is 9.35. The molecule has 9 heteroatoms. The van der Waals surface area contributed by atoms with E-state index in [1.54, 1.807) is 48.5 Å². The summed E-state index contributed by atoms with van der Waals surface area (Å²) in [6.07, 6.45) is 0. The fourth-order valence-electron chi connectivity index (χ4n) is 3.34. The van der Waals surface area contributed by atoms with Crippen molar-refractivity contribution in [3.63, 3.8) is 0 Å². The Labute approximate surface area is 192 Å². The van der Waals surface area contributed by atoms with Crippen molar-refractivity contribution in [1.29, 1.82) is 0 Å². The van der Waals surface area contributed by atoms with Gasteiger partial charge >= 0.3 is 0 Å². The first-order valence-electron chi connectivity index (χ1n) is 10.3. The van der Waals surface area contributed by atoms with Crippen LogP contribution in [0.3, 0.4) is 0 Å². The van der Waals surface area contributed by atoms with Gasteiger partial charge in [-0.25, -0.2) is 8.42 Å². The van der Waals surface area contributed by atoms with E-state index in [0.29, 0.717) is 22.9 Å². The third-order valence-electron chi connectivity index (χ3n) is 5.18. The lowest BCUT2D eigenvalue weighted by Crippen LogP contribution is -2.40. The average Bonchev–Trinajstić information content (AvgIpc) is 3.29. The van der Waals surface area contributed by atoms with Gasteiger partial charge in [0.05, 0.1) is 17.7 Å². The standard InChI is InChI=1S/C24H24N2O6S/c1-17-3-10-21(11-4-17)33(28,29)26(19-6-8-20(30-2)9-7-19)15-24(27)25-14-18-5-12-22-23(13-18)32-16-31-22/h3-13H,14-16H2,1-2H3,(H,25,27). The molecular formula is C24H24N2O6S. The average molecular weight is 469 g/mol. The summed E-state index contributed by atoms with van der Waals surface area (Å²) in [6, 6.07) is 18.4. The summed E-state index contributed by atoms with van der Waals surface area (Å²) in [4.78, 5) is 12.9. The van der Waals surface area contributed by atoms with Gasteiger partial charge < -0.3 is 19.5 Å². The molecule has 33 heavy (non-hydrogen) atoms. The molecule has 0 radical (unpaired) electrons. The van der Waals surface area contributed by atoms with Crippen LogP contribution in [0.25, 0.3) is 0 Å². The lowest BCUT2D eigenvalue weighted by molar-refractivity contribution is -0.119. The lowest BCUT2D eigenvalue weighted by Gasteiger charge is -2.24. The summed E-state index contributed by atoms with van der Waals surface area (Å²) >= 11 is 0. The van der Waals surface area contributed by atoms with Crippen LogP contribution in [-0.4, -0.2) is 34.8 Å². The lowest BCUT2D eigenvalue weighted by atomic mass is 10.2. The molecule has 3 aromatic rings. The summed E-state index contributed by atoms with van der Waals surface area (Å²) in [5.41, 5.74) is 2.10. The first kappa shape index (κ1) is 22.5. The van der Waals surface area contributed by atoms with Crippen LogP contribution in [0.2, 0.25) is 0 Å². The van der Waals surface area contributed by atoms with Gasteiger partial charge in [-0.2, -0.15) is 0 Å². The highest BCUT2D eigenvalue weighted by Crippen LogP contribution is 2.32. The van der Waals surface area contributed by atoms with Crippen molar-refractivity contribution >= 4 is 21.6 Å². The molecule has 1 heterocycles. The highest BCUT2D eigenvalue weighted by atomic mass is 32.2. The number of benzene rings is 3. The number of nitrogens with one attached hydrogen (secondary N) is 1. The molecule has 4 rings (SSSR count). The molecule has 172 valence electrons. The third kappa shape index (κ3) is 5.04. The number of carbonyl (C=O) groups is 1. The van der Waals surface area contributed by atoms with Gasteiger partial charge in [0.2, 0.25) is 12.7 Å². The number of methoxy groups -OCH3 is 1. The van der Waals surface area contributed by atoms with E-state index < -0.39 is 15.9 Å². The quantitative estimate of drug-likeness (QED) is 0.546. The highest BCUT2D eigenvalue weighted by molar-refractivity contribution is 7.92. The van der Waals surface area contributed by atoms with Crippen LogP contribution < -0.4 is 23.8 Å². The van der Waals surface area contributed by atoms with E-state index >= 15 is 0 Å². The van der Waals surface area contributed by atoms with Crippen molar-refractivity contribution in [3.05, 3.63) is 77.9 Å². The Morgan fingerprint density at radius 1 is 1.00 bits per heavy atom. The monoisotopic (exact) mass is 468 g/mol. The van der Waals surface area contributed by atoms with E-state index in [0.717, 1.165) is 15.4 Å². The number of sulfonamides is 1. The predicted molar refractivity (Wildman–Crippen MR) is 123 cm³/mol. The molecule has 8 nitrogen and oxygen atoms in total. The second kappa shape index (κ2) is 9.41. The zero-order valence-corrected chi connectivity index (χ0v) is 19.1. The van der Waals surface area contributed by atoms with Gasteiger partial charge in [-0.1, -0.05) is 23.8 Å². The van der Waals surface area contributed by atoms with Crippen LogP contribution >= 0.6 is 0 Å². The molecule has 0 aliphatic carbocycles. The zero-order valence-electron chi connectivity index (χ0n) is 18.3. The summed E-state index contributed by atoms with van der Waals surface area (Å²) < 4.78 is 43.7. The molecule has 0 aromatic heterocycles. The van der Waals surface area contributed by atoms with Crippen molar-refractivity contribution in [1.82, 2.24) is 5.32 Å². The molecule has 3 aromatic carbocycles. The van der Waals surface area contributed by atoms with Crippen LogP contribution in [-0.2, 0) is 21.4 Å². The van der Waals surface area contributed by atoms with Crippen molar-refractivity contribution in [2.45, 2.75) is 18.4 Å². The second-order valence-electron chi connectivity index (χ2n) is 7.49. The number of hydrogen-bond acceptors (Lipinski definition) is 6. The molecule has 0 spiro atoms. The number of hydrogen-bond donors (Lipinski definition) is 1. The minimum Gasteiger partial charge on any atom is -0.497 e. The minimum absolute atomic E-state index is 0.104. The van der Waals surface area contributed by atoms with Gasteiger partial charge in [0, 0.05) is 6.54 Å². The molecule has 1 N–H and O–H groups in total. The maximum Gasteiger partial charge on any atom is 0.264 e. The number of amides is 1. The van der Waals surface area contributed by atoms with Gasteiger partial charge in [0.25, 0.3) is 10.0 Å². The van der Waals surface area contributed by atoms with Gasteiger partial charge in [-0.05, 0) is 61.0 Å². The Kier molecular flexibility index (Phi) is 6.41. The molecule has 1 amide bonds. The number of rotatable bonds is 8. The Hall–Kier alpha value is -3.72. The van der Waals surface area contributed by atoms with Crippen molar-refractivity contribution < 1.29 is 27.4 Å². The fourth-order valence-corrected chi connectivity index (χ4v) is 4.76. The molecule has 0 saturated heterocycles.